The van der Waals surface area contributed by atoms with Gasteiger partial charge in [-0.1, -0.05) is 109 Å². The van der Waals surface area contributed by atoms with Crippen LogP contribution >= 0.6 is 23.4 Å². The Bertz CT molecular complexity index is 1950. The number of aliphatic hydroxyl groups is 1. The van der Waals surface area contributed by atoms with Gasteiger partial charge in [-0.05, 0) is 117 Å². The molecule has 6 rings (SSSR count). The summed E-state index contributed by atoms with van der Waals surface area (Å²) in [6.45, 7) is 5.70. The third kappa shape index (κ3) is 12.1. The van der Waals surface area contributed by atoms with E-state index in [1.807, 2.05) is 87.1 Å². The average Bonchev–Trinajstić information content (AvgIpc) is 3.88. The van der Waals surface area contributed by atoms with Crippen LogP contribution in [0.25, 0.3) is 23.1 Å². The van der Waals surface area contributed by atoms with Crippen molar-refractivity contribution in [3.8, 4) is 0 Å². The lowest BCUT2D eigenvalue weighted by atomic mass is 9.90. The van der Waals surface area contributed by atoms with Gasteiger partial charge in [-0.15, -0.1) is 0 Å². The first-order valence-electron chi connectivity index (χ1n) is 18.2. The van der Waals surface area contributed by atoms with Crippen molar-refractivity contribution < 1.29 is 15.0 Å². The second-order valence-electron chi connectivity index (χ2n) is 14.7. The first-order chi connectivity index (χ1) is 24.9. The van der Waals surface area contributed by atoms with Gasteiger partial charge in [-0.3, -0.25) is 4.79 Å². The number of carboxylic acid groups (broad SMARTS) is 1. The number of aliphatic carboxylic acids is 1. The monoisotopic (exact) mass is 734 g/mol. The maximum absolute atomic E-state index is 11.5. The van der Waals surface area contributed by atoms with E-state index in [0.29, 0.717) is 11.1 Å². The van der Waals surface area contributed by atoms with Gasteiger partial charge in [0.05, 0.1) is 23.2 Å². The number of rotatable bonds is 15. The molecule has 4 aromatic carbocycles. The largest absolute Gasteiger partial charge is 0.481 e. The van der Waals surface area contributed by atoms with E-state index in [2.05, 4.69) is 66.7 Å². The standard InChI is InChI=1S/C35H36ClNO3S.C10H15N/c1-34(2,40)30-9-4-3-7-25(30)13-17-32(41-23-35(18-19-35)22-33(38)39)27-8-5-6-24(20-27)10-15-29-16-12-26-11-14-28(36)21-31(26)37-29;1-9(11)7-8-10-5-3-2-4-6-10/h3-12,14-16,20-21,32,40H,13,17-19,22-23H2,1-2H3,(H,38,39);2-6,9H,7-8,11H2,1H3/t32-;/m1./s1. The number of nitrogens with zero attached hydrogens (tertiary/aromatic N) is 1. The van der Waals surface area contributed by atoms with Crippen molar-refractivity contribution in [3.05, 3.63) is 148 Å². The topological polar surface area (TPSA) is 96.4 Å². The number of pyridine rings is 1. The Morgan fingerprint density at radius 1 is 0.923 bits per heavy atom. The molecule has 1 unspecified atom stereocenters. The van der Waals surface area contributed by atoms with Crippen molar-refractivity contribution in [3.63, 3.8) is 0 Å². The Labute approximate surface area is 318 Å². The molecule has 5 nitrogen and oxygen atoms in total. The van der Waals surface area contributed by atoms with Crippen LogP contribution in [0.15, 0.2) is 109 Å². The first-order valence-corrected chi connectivity index (χ1v) is 19.6. The lowest BCUT2D eigenvalue weighted by molar-refractivity contribution is -0.138. The molecule has 1 aromatic heterocycles. The second kappa shape index (κ2) is 18.2. The molecule has 272 valence electrons. The number of benzene rings is 4. The van der Waals surface area contributed by atoms with E-state index in [1.54, 1.807) is 0 Å². The fraction of sp³-hybridized carbons (Fsp3) is 0.333. The number of hydrogen-bond donors (Lipinski definition) is 3. The minimum absolute atomic E-state index is 0.0814. The van der Waals surface area contributed by atoms with E-state index in [0.717, 1.165) is 77.6 Å². The van der Waals surface area contributed by atoms with Gasteiger partial charge in [0.25, 0.3) is 0 Å². The van der Waals surface area contributed by atoms with Gasteiger partial charge < -0.3 is 15.9 Å². The molecule has 52 heavy (non-hydrogen) atoms. The summed E-state index contributed by atoms with van der Waals surface area (Å²) in [6, 6.07) is 37.2. The molecule has 0 spiro atoms. The van der Waals surface area contributed by atoms with Crippen molar-refractivity contribution in [2.24, 2.45) is 11.1 Å². The highest BCUT2D eigenvalue weighted by Crippen LogP contribution is 2.53. The zero-order valence-electron chi connectivity index (χ0n) is 30.5. The zero-order valence-corrected chi connectivity index (χ0v) is 32.0. The highest BCUT2D eigenvalue weighted by atomic mass is 35.5. The van der Waals surface area contributed by atoms with Crippen LogP contribution in [0.5, 0.6) is 0 Å². The molecule has 1 heterocycles. The Hall–Kier alpha value is -3.94. The molecule has 5 aromatic rings. The SMILES string of the molecule is CC(C)(O)c1ccccc1CC[C@@H](SCC1(CC(=O)O)CC1)c1cccc(C=Cc2ccc3ccc(Cl)cc3n2)c1.CC(N)CCc1ccccc1. The van der Waals surface area contributed by atoms with Gasteiger partial charge in [0.1, 0.15) is 0 Å². The van der Waals surface area contributed by atoms with Gasteiger partial charge in [0.2, 0.25) is 0 Å². The summed E-state index contributed by atoms with van der Waals surface area (Å²) < 4.78 is 0. The molecule has 0 amide bonds. The Kier molecular flexibility index (Phi) is 13.7. The number of carbonyl (C=O) groups is 1. The van der Waals surface area contributed by atoms with Gasteiger partial charge in [0, 0.05) is 27.5 Å². The lowest BCUT2D eigenvalue weighted by Crippen LogP contribution is -2.18. The van der Waals surface area contributed by atoms with E-state index < -0.39 is 11.6 Å². The fourth-order valence-electron chi connectivity index (χ4n) is 6.40. The Morgan fingerprint density at radius 3 is 2.37 bits per heavy atom. The number of aromatic nitrogens is 1. The van der Waals surface area contributed by atoms with E-state index in [4.69, 9.17) is 22.3 Å². The predicted molar refractivity (Wildman–Crippen MR) is 220 cm³/mol. The van der Waals surface area contributed by atoms with Gasteiger partial charge >= 0.3 is 5.97 Å². The van der Waals surface area contributed by atoms with Crippen molar-refractivity contribution in [2.75, 3.05) is 5.75 Å². The van der Waals surface area contributed by atoms with Crippen LogP contribution < -0.4 is 5.73 Å². The van der Waals surface area contributed by atoms with E-state index >= 15 is 0 Å². The number of carboxylic acids is 1. The lowest BCUT2D eigenvalue weighted by Gasteiger charge is -2.24. The summed E-state index contributed by atoms with van der Waals surface area (Å²) in [7, 11) is 0. The number of aryl methyl sites for hydroxylation is 2. The molecule has 1 fully saturated rings. The number of thioether (sulfide) groups is 1. The van der Waals surface area contributed by atoms with Crippen molar-refractivity contribution >= 4 is 52.4 Å². The van der Waals surface area contributed by atoms with Crippen molar-refractivity contribution in [1.82, 2.24) is 4.98 Å². The fourth-order valence-corrected chi connectivity index (χ4v) is 8.13. The van der Waals surface area contributed by atoms with Crippen molar-refractivity contribution in [2.45, 2.75) is 82.6 Å². The minimum Gasteiger partial charge on any atom is -0.481 e. The molecule has 7 heteroatoms. The molecular formula is C45H51ClN2O3S. The van der Waals surface area contributed by atoms with Gasteiger partial charge in [0.15, 0.2) is 0 Å². The first kappa shape index (κ1) is 39.3. The summed E-state index contributed by atoms with van der Waals surface area (Å²) in [5.41, 5.74) is 12.2. The van der Waals surface area contributed by atoms with Crippen LogP contribution in [0.1, 0.15) is 91.6 Å². The van der Waals surface area contributed by atoms with Crippen LogP contribution in [0.2, 0.25) is 5.02 Å². The molecule has 0 aliphatic heterocycles. The zero-order chi connectivity index (χ0) is 37.1. The molecular weight excluding hydrogens is 684 g/mol. The molecule has 0 saturated heterocycles. The Morgan fingerprint density at radius 2 is 1.65 bits per heavy atom. The van der Waals surface area contributed by atoms with Crippen LogP contribution in [-0.2, 0) is 23.2 Å². The molecule has 4 N–H and O–H groups in total. The highest BCUT2D eigenvalue weighted by molar-refractivity contribution is 7.99. The van der Waals surface area contributed by atoms with Crippen molar-refractivity contribution in [1.29, 1.82) is 0 Å². The van der Waals surface area contributed by atoms with Gasteiger partial charge in [-0.2, -0.15) is 11.8 Å². The number of halogens is 1. The minimum atomic E-state index is -0.911. The summed E-state index contributed by atoms with van der Waals surface area (Å²) in [6.07, 6.45) is 10.2. The molecule has 0 bridgehead atoms. The Balaban J connectivity index is 0.000000407. The third-order valence-electron chi connectivity index (χ3n) is 9.56. The normalized spacial score (nSPS) is 14.8. The molecule has 1 aliphatic rings. The molecule has 1 saturated carbocycles. The third-order valence-corrected chi connectivity index (χ3v) is 11.5. The van der Waals surface area contributed by atoms with E-state index in [9.17, 15) is 15.0 Å². The number of nitrogens with two attached hydrogens (primary N) is 1. The van der Waals surface area contributed by atoms with Crippen LogP contribution in [0, 0.1) is 5.41 Å². The smallest absolute Gasteiger partial charge is 0.303 e. The average molecular weight is 735 g/mol. The summed E-state index contributed by atoms with van der Waals surface area (Å²) in [5, 5.41) is 22.1. The maximum atomic E-state index is 11.5. The van der Waals surface area contributed by atoms with E-state index in [-0.39, 0.29) is 17.1 Å². The van der Waals surface area contributed by atoms with Crippen LogP contribution in [-0.4, -0.2) is 33.0 Å². The second-order valence-corrected chi connectivity index (χ2v) is 16.3. The molecule has 2 atom stereocenters. The summed E-state index contributed by atoms with van der Waals surface area (Å²) in [5.74, 6) is 0.122. The maximum Gasteiger partial charge on any atom is 0.303 e. The van der Waals surface area contributed by atoms with Crippen LogP contribution in [0.4, 0.5) is 0 Å². The summed E-state index contributed by atoms with van der Waals surface area (Å²) in [4.78, 5) is 16.2. The highest BCUT2D eigenvalue weighted by Gasteiger charge is 2.44. The van der Waals surface area contributed by atoms with Gasteiger partial charge in [-0.25, -0.2) is 4.98 Å². The predicted octanol–water partition coefficient (Wildman–Crippen LogP) is 10.9. The van der Waals surface area contributed by atoms with E-state index in [1.165, 1.54) is 11.1 Å². The number of hydrogen-bond acceptors (Lipinski definition) is 5. The van der Waals surface area contributed by atoms with Crippen LogP contribution in [0.3, 0.4) is 0 Å². The number of fused-ring (bicyclic) bond motifs is 1. The summed E-state index contributed by atoms with van der Waals surface area (Å²) >= 11 is 8.04. The molecule has 0 radical (unpaired) electrons. The molecule has 1 aliphatic carbocycles. The quantitative estimate of drug-likeness (QED) is 0.0991.